The van der Waals surface area contributed by atoms with E-state index in [1.165, 1.54) is 148 Å². The number of hydrogen-bond acceptors (Lipinski definition) is 15. The van der Waals surface area contributed by atoms with Crippen molar-refractivity contribution in [2.24, 2.45) is 23.7 Å². The second kappa shape index (κ2) is 60.7. The molecule has 7 atom stereocenters. The van der Waals surface area contributed by atoms with Crippen molar-refractivity contribution in [2.75, 3.05) is 39.6 Å². The van der Waals surface area contributed by atoms with E-state index < -0.39 is 97.5 Å². The van der Waals surface area contributed by atoms with Crippen molar-refractivity contribution >= 4 is 39.5 Å². The molecule has 0 aromatic carbocycles. The predicted molar refractivity (Wildman–Crippen MR) is 363 cm³/mol. The fraction of sp³-hybridized carbons (Fsp3) is 0.944. The number of phosphoric acid groups is 2. The standard InChI is InChI=1S/C71H138O17P2/c1-9-63(7)49-41-33-23-21-19-17-15-13-11-12-14-16-18-20-22-24-35-43-51-68(73)81-57-66(88-71(76)54-46-38-30-27-34-42-50-64(8)10-2)59-85-89(77,78)83-55-65(72)56-84-90(79,80)86-60-67(87-70(75)53-45-37-29-26-32-40-48-62(5)6)58-82-69(74)52-44-36-28-25-31-39-47-61(3)4/h61-67,72H,9-60H2,1-8H3,(H,77,78)(H,79,80)/t63?,64?,65-,66-,67-/m1/s1. The molecule has 0 saturated carbocycles. The van der Waals surface area contributed by atoms with Gasteiger partial charge in [0, 0.05) is 25.7 Å². The molecule has 3 N–H and O–H groups in total. The van der Waals surface area contributed by atoms with Gasteiger partial charge in [-0.3, -0.25) is 37.3 Å². The van der Waals surface area contributed by atoms with Gasteiger partial charge in [-0.05, 0) is 49.4 Å². The first-order valence-corrected chi connectivity index (χ1v) is 39.8. The second-order valence-electron chi connectivity index (χ2n) is 27.1. The Morgan fingerprint density at radius 1 is 0.311 bits per heavy atom. The van der Waals surface area contributed by atoms with Crippen LogP contribution in [0.2, 0.25) is 0 Å². The summed E-state index contributed by atoms with van der Waals surface area (Å²) in [7, 11) is -9.90. The van der Waals surface area contributed by atoms with Crippen molar-refractivity contribution in [3.8, 4) is 0 Å². The Balaban J connectivity index is 5.09. The molecule has 0 heterocycles. The predicted octanol–water partition coefficient (Wildman–Crippen LogP) is 20.1. The van der Waals surface area contributed by atoms with Crippen molar-refractivity contribution in [3.63, 3.8) is 0 Å². The first-order valence-electron chi connectivity index (χ1n) is 36.8. The second-order valence-corrected chi connectivity index (χ2v) is 30.0. The molecule has 0 aliphatic carbocycles. The van der Waals surface area contributed by atoms with Crippen molar-refractivity contribution in [2.45, 2.75) is 369 Å². The van der Waals surface area contributed by atoms with Crippen molar-refractivity contribution in [1.82, 2.24) is 0 Å². The molecule has 17 nitrogen and oxygen atoms in total. The number of unbranched alkanes of at least 4 members (excludes halogenated alkanes) is 32. The summed E-state index contributed by atoms with van der Waals surface area (Å²) in [5.74, 6) is 0.804. The Hall–Kier alpha value is -1.94. The van der Waals surface area contributed by atoms with Crippen LogP contribution in [-0.2, 0) is 65.4 Å². The van der Waals surface area contributed by atoms with Gasteiger partial charge in [-0.25, -0.2) is 9.13 Å². The smallest absolute Gasteiger partial charge is 0.462 e. The Morgan fingerprint density at radius 2 is 0.533 bits per heavy atom. The third-order valence-corrected chi connectivity index (χ3v) is 18.9. The van der Waals surface area contributed by atoms with Crippen LogP contribution in [-0.4, -0.2) is 96.7 Å². The minimum absolute atomic E-state index is 0.100. The highest BCUT2D eigenvalue weighted by molar-refractivity contribution is 7.47. The number of ether oxygens (including phenoxy) is 4. The number of phosphoric ester groups is 2. The van der Waals surface area contributed by atoms with Crippen LogP contribution in [0, 0.1) is 23.7 Å². The third kappa shape index (κ3) is 62.2. The fourth-order valence-corrected chi connectivity index (χ4v) is 12.2. The Labute approximate surface area is 549 Å². The van der Waals surface area contributed by atoms with Crippen LogP contribution in [0.25, 0.3) is 0 Å². The zero-order valence-corrected chi connectivity index (χ0v) is 60.6. The van der Waals surface area contributed by atoms with Gasteiger partial charge in [-0.15, -0.1) is 0 Å². The van der Waals surface area contributed by atoms with Gasteiger partial charge in [0.05, 0.1) is 26.4 Å². The van der Waals surface area contributed by atoms with Crippen LogP contribution in [0.15, 0.2) is 0 Å². The maximum Gasteiger partial charge on any atom is 0.472 e. The average Bonchev–Trinajstić information content (AvgIpc) is 2.93. The molecule has 0 radical (unpaired) electrons. The molecule has 0 amide bonds. The molecular formula is C71H138O17P2. The van der Waals surface area contributed by atoms with E-state index in [4.69, 9.17) is 37.0 Å². The summed E-state index contributed by atoms with van der Waals surface area (Å²) in [5.41, 5.74) is 0. The summed E-state index contributed by atoms with van der Waals surface area (Å²) in [6.45, 7) is 14.0. The topological polar surface area (TPSA) is 237 Å². The van der Waals surface area contributed by atoms with Crippen LogP contribution in [0.4, 0.5) is 0 Å². The van der Waals surface area contributed by atoms with E-state index in [9.17, 15) is 43.2 Å². The lowest BCUT2D eigenvalue weighted by Gasteiger charge is -2.21. The summed E-state index contributed by atoms with van der Waals surface area (Å²) in [4.78, 5) is 72.4. The summed E-state index contributed by atoms with van der Waals surface area (Å²) in [6.07, 6.45) is 43.7. The molecule has 0 spiro atoms. The van der Waals surface area contributed by atoms with Crippen LogP contribution in [0.5, 0.6) is 0 Å². The third-order valence-electron chi connectivity index (χ3n) is 17.0. The molecule has 19 heteroatoms. The first kappa shape index (κ1) is 88.1. The van der Waals surface area contributed by atoms with Crippen LogP contribution in [0.1, 0.15) is 351 Å². The summed E-state index contributed by atoms with van der Waals surface area (Å²) in [5, 5.41) is 10.6. The maximum atomic E-state index is 13.0. The Morgan fingerprint density at radius 3 is 0.789 bits per heavy atom. The molecule has 0 bridgehead atoms. The van der Waals surface area contributed by atoms with E-state index in [1.807, 2.05) is 0 Å². The van der Waals surface area contributed by atoms with Crippen LogP contribution in [0.3, 0.4) is 0 Å². The summed E-state index contributed by atoms with van der Waals surface area (Å²) < 4.78 is 68.1. The number of rotatable bonds is 68. The van der Waals surface area contributed by atoms with E-state index >= 15 is 0 Å². The number of aliphatic hydroxyl groups is 1. The zero-order chi connectivity index (χ0) is 66.8. The van der Waals surface area contributed by atoms with Crippen molar-refractivity contribution < 1.29 is 80.2 Å². The quantitative estimate of drug-likeness (QED) is 0.0222. The lowest BCUT2D eigenvalue weighted by Crippen LogP contribution is -2.30. The van der Waals surface area contributed by atoms with Gasteiger partial charge in [0.2, 0.25) is 0 Å². The lowest BCUT2D eigenvalue weighted by molar-refractivity contribution is -0.161. The van der Waals surface area contributed by atoms with E-state index in [0.717, 1.165) is 108 Å². The highest BCUT2D eigenvalue weighted by atomic mass is 31.2. The maximum absolute atomic E-state index is 13.0. The largest absolute Gasteiger partial charge is 0.472 e. The molecule has 0 fully saturated rings. The molecule has 0 rings (SSSR count). The molecule has 90 heavy (non-hydrogen) atoms. The summed E-state index contributed by atoms with van der Waals surface area (Å²) >= 11 is 0. The van der Waals surface area contributed by atoms with E-state index in [-0.39, 0.29) is 25.7 Å². The van der Waals surface area contributed by atoms with E-state index in [0.29, 0.717) is 37.5 Å². The SMILES string of the molecule is CCC(C)CCCCCCCCCCCCCCCCCCCCC(=O)OC[C@H](COP(=O)(O)OC[C@@H](O)COP(=O)(O)OC[C@@H](COC(=O)CCCCCCCCC(C)C)OC(=O)CCCCCCCCC(C)C)OC(=O)CCCCCCCCC(C)CC. The lowest BCUT2D eigenvalue weighted by atomic mass is 9.99. The Bertz CT molecular complexity index is 1790. The first-order chi connectivity index (χ1) is 43.2. The number of aliphatic hydroxyl groups excluding tert-OH is 1. The molecule has 534 valence electrons. The molecule has 0 aliphatic rings. The van der Waals surface area contributed by atoms with Gasteiger partial charge in [0.1, 0.15) is 19.3 Å². The van der Waals surface area contributed by atoms with Gasteiger partial charge in [-0.1, -0.05) is 299 Å². The fourth-order valence-electron chi connectivity index (χ4n) is 10.6. The van der Waals surface area contributed by atoms with Crippen molar-refractivity contribution in [1.29, 1.82) is 0 Å². The summed E-state index contributed by atoms with van der Waals surface area (Å²) in [6, 6.07) is 0. The zero-order valence-electron chi connectivity index (χ0n) is 58.8. The van der Waals surface area contributed by atoms with Gasteiger partial charge in [-0.2, -0.15) is 0 Å². The molecule has 0 saturated heterocycles. The highest BCUT2D eigenvalue weighted by Gasteiger charge is 2.30. The number of esters is 4. The van der Waals surface area contributed by atoms with Gasteiger partial charge < -0.3 is 33.8 Å². The van der Waals surface area contributed by atoms with E-state index in [2.05, 4.69) is 55.4 Å². The minimum atomic E-state index is -4.95. The Kier molecular flexibility index (Phi) is 59.4. The van der Waals surface area contributed by atoms with Crippen molar-refractivity contribution in [3.05, 3.63) is 0 Å². The van der Waals surface area contributed by atoms with Gasteiger partial charge >= 0.3 is 39.5 Å². The molecule has 0 aromatic rings. The van der Waals surface area contributed by atoms with Gasteiger partial charge in [0.25, 0.3) is 0 Å². The highest BCUT2D eigenvalue weighted by Crippen LogP contribution is 2.45. The minimum Gasteiger partial charge on any atom is -0.462 e. The number of carbonyl (C=O) groups excluding carboxylic acids is 4. The van der Waals surface area contributed by atoms with Crippen LogP contribution >= 0.6 is 15.6 Å². The van der Waals surface area contributed by atoms with E-state index in [1.54, 1.807) is 0 Å². The molecular weight excluding hydrogens is 1190 g/mol. The number of carbonyl (C=O) groups is 4. The average molecular weight is 1330 g/mol. The molecule has 0 aliphatic heterocycles. The van der Waals surface area contributed by atoms with Crippen LogP contribution < -0.4 is 0 Å². The molecule has 4 unspecified atom stereocenters. The number of hydrogen-bond donors (Lipinski definition) is 3. The normalized spacial score (nSPS) is 14.9. The molecule has 0 aromatic heterocycles. The van der Waals surface area contributed by atoms with Gasteiger partial charge in [0.15, 0.2) is 12.2 Å². The monoisotopic (exact) mass is 1320 g/mol.